The maximum Gasteiger partial charge on any atom is 0.247 e. The molecular formula is C19H19N3O2. The monoisotopic (exact) mass is 321 g/mol. The van der Waals surface area contributed by atoms with Crippen molar-refractivity contribution in [3.8, 4) is 6.07 Å². The van der Waals surface area contributed by atoms with E-state index in [2.05, 4.69) is 6.07 Å². The Bertz CT molecular complexity index is 766. The van der Waals surface area contributed by atoms with Crippen molar-refractivity contribution >= 4 is 23.2 Å². The topological polar surface area (TPSA) is 64.4 Å². The summed E-state index contributed by atoms with van der Waals surface area (Å²) in [6.07, 6.45) is 0. The molecule has 5 heteroatoms. The number of para-hydroxylation sites is 2. The number of benzene rings is 2. The molecular weight excluding hydrogens is 302 g/mol. The number of amides is 2. The third-order valence-corrected chi connectivity index (χ3v) is 3.67. The van der Waals surface area contributed by atoms with Crippen molar-refractivity contribution in [1.82, 2.24) is 0 Å². The van der Waals surface area contributed by atoms with Crippen LogP contribution in [0.3, 0.4) is 0 Å². The summed E-state index contributed by atoms with van der Waals surface area (Å²) in [6, 6.07) is 18.1. The maximum atomic E-state index is 12.7. The Morgan fingerprint density at radius 2 is 1.62 bits per heavy atom. The molecule has 2 aromatic carbocycles. The molecule has 2 rings (SSSR count). The van der Waals surface area contributed by atoms with Crippen LogP contribution in [0, 0.1) is 11.3 Å². The van der Waals surface area contributed by atoms with Gasteiger partial charge in [0, 0.05) is 19.2 Å². The highest BCUT2D eigenvalue weighted by molar-refractivity contribution is 6.03. The highest BCUT2D eigenvalue weighted by Crippen LogP contribution is 2.21. The Morgan fingerprint density at radius 3 is 2.21 bits per heavy atom. The second-order valence-electron chi connectivity index (χ2n) is 5.21. The molecule has 0 bridgehead atoms. The molecule has 0 spiro atoms. The van der Waals surface area contributed by atoms with Gasteiger partial charge in [0.05, 0.1) is 11.3 Å². The van der Waals surface area contributed by atoms with E-state index in [9.17, 15) is 14.9 Å². The van der Waals surface area contributed by atoms with Crippen molar-refractivity contribution in [2.75, 3.05) is 22.9 Å². The number of nitrogens with zero attached hydrogens (tertiary/aromatic N) is 3. The highest BCUT2D eigenvalue weighted by atomic mass is 16.2. The Labute approximate surface area is 141 Å². The number of likely N-dealkylation sites (N-methyl/N-ethyl adjacent to an activating group) is 1. The fraction of sp³-hybridized carbons (Fsp3) is 0.211. The van der Waals surface area contributed by atoms with E-state index in [-0.39, 0.29) is 18.4 Å². The smallest absolute Gasteiger partial charge is 0.247 e. The predicted molar refractivity (Wildman–Crippen MR) is 93.7 cm³/mol. The van der Waals surface area contributed by atoms with Crippen LogP contribution in [-0.2, 0) is 9.59 Å². The third-order valence-electron chi connectivity index (χ3n) is 3.67. The van der Waals surface area contributed by atoms with Gasteiger partial charge in [0.1, 0.15) is 12.6 Å². The number of anilines is 2. The van der Waals surface area contributed by atoms with Gasteiger partial charge in [-0.25, -0.2) is 0 Å². The van der Waals surface area contributed by atoms with E-state index >= 15 is 0 Å². The van der Waals surface area contributed by atoms with Crippen LogP contribution in [0.1, 0.15) is 19.4 Å². The number of carbonyl (C=O) groups is 2. The van der Waals surface area contributed by atoms with Crippen LogP contribution in [0.25, 0.3) is 0 Å². The van der Waals surface area contributed by atoms with Crippen molar-refractivity contribution in [3.05, 3.63) is 60.2 Å². The molecule has 0 saturated heterocycles. The minimum Gasteiger partial charge on any atom is -0.311 e. The van der Waals surface area contributed by atoms with Crippen molar-refractivity contribution in [2.24, 2.45) is 0 Å². The zero-order chi connectivity index (χ0) is 17.5. The van der Waals surface area contributed by atoms with E-state index in [1.807, 2.05) is 37.3 Å². The van der Waals surface area contributed by atoms with Crippen LogP contribution >= 0.6 is 0 Å². The molecule has 0 heterocycles. The van der Waals surface area contributed by atoms with E-state index in [1.165, 1.54) is 11.8 Å². The molecule has 122 valence electrons. The van der Waals surface area contributed by atoms with Gasteiger partial charge in [-0.05, 0) is 31.2 Å². The Morgan fingerprint density at radius 1 is 1.00 bits per heavy atom. The lowest BCUT2D eigenvalue weighted by Crippen LogP contribution is -2.42. The Balaban J connectivity index is 2.29. The van der Waals surface area contributed by atoms with Crippen LogP contribution in [0.15, 0.2) is 54.6 Å². The molecule has 0 aliphatic rings. The summed E-state index contributed by atoms with van der Waals surface area (Å²) in [4.78, 5) is 27.7. The zero-order valence-electron chi connectivity index (χ0n) is 13.8. The van der Waals surface area contributed by atoms with Crippen molar-refractivity contribution in [3.63, 3.8) is 0 Å². The lowest BCUT2D eigenvalue weighted by Gasteiger charge is -2.26. The normalized spacial score (nSPS) is 9.88. The van der Waals surface area contributed by atoms with Gasteiger partial charge in [0.15, 0.2) is 0 Å². The SMILES string of the molecule is CCN(C(=O)CN(C(C)=O)c1ccccc1C#N)c1ccccc1. The summed E-state index contributed by atoms with van der Waals surface area (Å²) in [5.41, 5.74) is 1.59. The van der Waals surface area contributed by atoms with E-state index in [1.54, 1.807) is 29.2 Å². The van der Waals surface area contributed by atoms with Gasteiger partial charge in [-0.1, -0.05) is 30.3 Å². The van der Waals surface area contributed by atoms with Gasteiger partial charge >= 0.3 is 0 Å². The van der Waals surface area contributed by atoms with Crippen LogP contribution in [-0.4, -0.2) is 24.9 Å². The maximum absolute atomic E-state index is 12.7. The fourth-order valence-electron chi connectivity index (χ4n) is 2.50. The molecule has 0 atom stereocenters. The molecule has 0 radical (unpaired) electrons. The average Bonchev–Trinajstić information content (AvgIpc) is 2.61. The van der Waals surface area contributed by atoms with E-state index in [0.717, 1.165) is 5.69 Å². The Kier molecular flexibility index (Phi) is 5.69. The van der Waals surface area contributed by atoms with Crippen LogP contribution in [0.2, 0.25) is 0 Å². The lowest BCUT2D eigenvalue weighted by atomic mass is 10.1. The molecule has 2 aromatic rings. The number of carbonyl (C=O) groups excluding carboxylic acids is 2. The van der Waals surface area contributed by atoms with Crippen molar-refractivity contribution in [1.29, 1.82) is 5.26 Å². The molecule has 0 unspecified atom stereocenters. The molecule has 2 amide bonds. The quantitative estimate of drug-likeness (QED) is 0.850. The zero-order valence-corrected chi connectivity index (χ0v) is 13.8. The first-order valence-electron chi connectivity index (χ1n) is 7.71. The second-order valence-corrected chi connectivity index (χ2v) is 5.21. The summed E-state index contributed by atoms with van der Waals surface area (Å²) in [5.74, 6) is -0.484. The average molecular weight is 321 g/mol. The second kappa shape index (κ2) is 7.93. The van der Waals surface area contributed by atoms with Gasteiger partial charge in [-0.2, -0.15) is 5.26 Å². The number of hydrogen-bond donors (Lipinski definition) is 0. The van der Waals surface area contributed by atoms with Gasteiger partial charge in [0.25, 0.3) is 0 Å². The lowest BCUT2D eigenvalue weighted by molar-refractivity contribution is -0.121. The summed E-state index contributed by atoms with van der Waals surface area (Å²) < 4.78 is 0. The van der Waals surface area contributed by atoms with Crippen LogP contribution in [0.4, 0.5) is 11.4 Å². The fourth-order valence-corrected chi connectivity index (χ4v) is 2.50. The largest absolute Gasteiger partial charge is 0.311 e. The first-order chi connectivity index (χ1) is 11.6. The predicted octanol–water partition coefficient (Wildman–Crippen LogP) is 2.96. The summed E-state index contributed by atoms with van der Waals surface area (Å²) in [6.45, 7) is 3.65. The molecule has 0 aliphatic heterocycles. The summed E-state index contributed by atoms with van der Waals surface area (Å²) in [7, 11) is 0. The van der Waals surface area contributed by atoms with Crippen LogP contribution < -0.4 is 9.80 Å². The number of nitriles is 1. The molecule has 5 nitrogen and oxygen atoms in total. The molecule has 0 aromatic heterocycles. The molecule has 0 fully saturated rings. The third kappa shape index (κ3) is 3.79. The van der Waals surface area contributed by atoms with Crippen LogP contribution in [0.5, 0.6) is 0 Å². The van der Waals surface area contributed by atoms with E-state index < -0.39 is 0 Å². The summed E-state index contributed by atoms with van der Waals surface area (Å²) in [5, 5.41) is 9.23. The van der Waals surface area contributed by atoms with Gasteiger partial charge in [-0.15, -0.1) is 0 Å². The highest BCUT2D eigenvalue weighted by Gasteiger charge is 2.22. The van der Waals surface area contributed by atoms with Crippen molar-refractivity contribution in [2.45, 2.75) is 13.8 Å². The molecule has 24 heavy (non-hydrogen) atoms. The molecule has 0 N–H and O–H groups in total. The minimum absolute atomic E-state index is 0.114. The number of hydrogen-bond acceptors (Lipinski definition) is 3. The molecule has 0 saturated carbocycles. The standard InChI is InChI=1S/C19H19N3O2/c1-3-21(17-10-5-4-6-11-17)19(24)14-22(15(2)23)18-12-8-7-9-16(18)13-20/h4-12H,3,14H2,1-2H3. The van der Waals surface area contributed by atoms with E-state index in [0.29, 0.717) is 17.8 Å². The van der Waals surface area contributed by atoms with Gasteiger partial charge < -0.3 is 9.80 Å². The van der Waals surface area contributed by atoms with Gasteiger partial charge in [-0.3, -0.25) is 9.59 Å². The summed E-state index contributed by atoms with van der Waals surface area (Å²) >= 11 is 0. The Hall–Kier alpha value is -3.13. The number of rotatable bonds is 5. The molecule has 0 aliphatic carbocycles. The van der Waals surface area contributed by atoms with Gasteiger partial charge in [0.2, 0.25) is 11.8 Å². The first kappa shape index (κ1) is 17.2. The first-order valence-corrected chi connectivity index (χ1v) is 7.71. The minimum atomic E-state index is -0.282. The van der Waals surface area contributed by atoms with Crippen molar-refractivity contribution < 1.29 is 9.59 Å². The van der Waals surface area contributed by atoms with E-state index in [4.69, 9.17) is 0 Å².